The Morgan fingerprint density at radius 3 is 2.09 bits per heavy atom. The van der Waals surface area contributed by atoms with E-state index in [0.29, 0.717) is 17.5 Å². The van der Waals surface area contributed by atoms with Crippen LogP contribution in [0.4, 0.5) is 4.79 Å². The molecular weight excluding hydrogens is 444 g/mol. The fraction of sp³-hybridized carbons (Fsp3) is 0.250. The first-order valence-electron chi connectivity index (χ1n) is 11.5. The minimum Gasteiger partial charge on any atom is -0.480 e. The van der Waals surface area contributed by atoms with E-state index in [0.717, 1.165) is 22.3 Å². The smallest absolute Gasteiger partial charge is 0.407 e. The lowest BCUT2D eigenvalue weighted by Gasteiger charge is -2.22. The molecule has 1 aliphatic carbocycles. The number of hydrogen-bond donors (Lipinski definition) is 3. The standard InChI is InChI=1S/C28H28N2O5/c1-28(2,26(32)33)30-25(31)19-10-4-3-9-18(19)15-16-29-27(34)35-17-24-22-13-7-5-11-20(22)21-12-6-8-14-23(21)24/h3-14,24H,15-17H2,1-2H3,(H,29,34)(H,30,31)(H,32,33). The third-order valence-corrected chi connectivity index (χ3v) is 6.23. The van der Waals surface area contributed by atoms with Crippen LogP contribution in [0.15, 0.2) is 72.8 Å². The van der Waals surface area contributed by atoms with Crippen LogP contribution in [-0.4, -0.2) is 41.8 Å². The van der Waals surface area contributed by atoms with E-state index >= 15 is 0 Å². The van der Waals surface area contributed by atoms with Gasteiger partial charge in [-0.3, -0.25) is 4.79 Å². The summed E-state index contributed by atoms with van der Waals surface area (Å²) in [6.45, 7) is 3.34. The lowest BCUT2D eigenvalue weighted by Crippen LogP contribution is -2.49. The van der Waals surface area contributed by atoms with Gasteiger partial charge in [0, 0.05) is 18.0 Å². The molecule has 3 aromatic carbocycles. The Kier molecular flexibility index (Phi) is 6.87. The molecule has 0 fully saturated rings. The van der Waals surface area contributed by atoms with Crippen LogP contribution in [0.25, 0.3) is 11.1 Å². The molecule has 0 saturated heterocycles. The molecule has 180 valence electrons. The molecule has 7 nitrogen and oxygen atoms in total. The van der Waals surface area contributed by atoms with Crippen molar-refractivity contribution in [3.05, 3.63) is 95.1 Å². The molecule has 0 unspecified atom stereocenters. The largest absolute Gasteiger partial charge is 0.480 e. The summed E-state index contributed by atoms with van der Waals surface area (Å²) in [6, 6.07) is 23.2. The molecule has 0 saturated carbocycles. The molecule has 0 radical (unpaired) electrons. The SMILES string of the molecule is CC(C)(NC(=O)c1ccccc1CCNC(=O)OCC1c2ccccc2-c2ccccc21)C(=O)O. The number of ether oxygens (including phenoxy) is 1. The van der Waals surface area contributed by atoms with E-state index in [2.05, 4.69) is 34.9 Å². The summed E-state index contributed by atoms with van der Waals surface area (Å²) >= 11 is 0. The van der Waals surface area contributed by atoms with Gasteiger partial charge in [-0.05, 0) is 54.2 Å². The number of carbonyl (C=O) groups is 3. The number of rotatable bonds is 8. The normalized spacial score (nSPS) is 12.4. The Morgan fingerprint density at radius 1 is 0.886 bits per heavy atom. The Hall–Kier alpha value is -4.13. The van der Waals surface area contributed by atoms with E-state index < -0.39 is 23.5 Å². The average molecular weight is 473 g/mol. The molecule has 7 heteroatoms. The lowest BCUT2D eigenvalue weighted by atomic mass is 9.98. The van der Waals surface area contributed by atoms with Gasteiger partial charge >= 0.3 is 12.1 Å². The van der Waals surface area contributed by atoms with Crippen LogP contribution >= 0.6 is 0 Å². The first-order chi connectivity index (χ1) is 16.8. The predicted octanol–water partition coefficient (Wildman–Crippen LogP) is 4.36. The summed E-state index contributed by atoms with van der Waals surface area (Å²) in [7, 11) is 0. The Balaban J connectivity index is 1.33. The van der Waals surface area contributed by atoms with Crippen LogP contribution in [0.1, 0.15) is 46.8 Å². The zero-order valence-electron chi connectivity index (χ0n) is 19.7. The van der Waals surface area contributed by atoms with Gasteiger partial charge in [-0.15, -0.1) is 0 Å². The first kappa shape index (κ1) is 24.0. The van der Waals surface area contributed by atoms with Gasteiger partial charge in [-0.25, -0.2) is 9.59 Å². The van der Waals surface area contributed by atoms with Crippen LogP contribution in [-0.2, 0) is 16.0 Å². The fourth-order valence-electron chi connectivity index (χ4n) is 4.31. The predicted molar refractivity (Wildman–Crippen MR) is 132 cm³/mol. The number of carboxylic acids is 1. The highest BCUT2D eigenvalue weighted by molar-refractivity contribution is 5.98. The summed E-state index contributed by atoms with van der Waals surface area (Å²) in [6.07, 6.45) is -0.137. The second-order valence-electron chi connectivity index (χ2n) is 9.04. The molecule has 0 aromatic heterocycles. The molecule has 0 atom stereocenters. The lowest BCUT2D eigenvalue weighted by molar-refractivity contribution is -0.143. The van der Waals surface area contributed by atoms with E-state index in [-0.39, 0.29) is 19.1 Å². The summed E-state index contributed by atoms with van der Waals surface area (Å²) in [5, 5.41) is 14.5. The van der Waals surface area contributed by atoms with Gasteiger partial charge in [-0.1, -0.05) is 66.7 Å². The number of hydrogen-bond acceptors (Lipinski definition) is 4. The minimum absolute atomic E-state index is 0.0184. The van der Waals surface area contributed by atoms with Gasteiger partial charge in [0.05, 0.1) is 0 Å². The van der Waals surface area contributed by atoms with E-state index in [1.54, 1.807) is 24.3 Å². The van der Waals surface area contributed by atoms with E-state index in [1.165, 1.54) is 13.8 Å². The van der Waals surface area contributed by atoms with Gasteiger partial charge in [0.2, 0.25) is 0 Å². The van der Waals surface area contributed by atoms with E-state index in [9.17, 15) is 19.5 Å². The van der Waals surface area contributed by atoms with Crippen molar-refractivity contribution in [2.45, 2.75) is 31.7 Å². The number of aliphatic carboxylic acids is 1. The zero-order valence-corrected chi connectivity index (χ0v) is 19.7. The van der Waals surface area contributed by atoms with Crippen molar-refractivity contribution < 1.29 is 24.2 Å². The highest BCUT2D eigenvalue weighted by atomic mass is 16.5. The van der Waals surface area contributed by atoms with Crippen molar-refractivity contribution in [1.82, 2.24) is 10.6 Å². The highest BCUT2D eigenvalue weighted by Crippen LogP contribution is 2.44. The number of carbonyl (C=O) groups excluding carboxylic acids is 2. The highest BCUT2D eigenvalue weighted by Gasteiger charge is 2.30. The van der Waals surface area contributed by atoms with Crippen LogP contribution in [0.3, 0.4) is 0 Å². The third kappa shape index (κ3) is 5.19. The summed E-state index contributed by atoms with van der Waals surface area (Å²) < 4.78 is 5.55. The van der Waals surface area contributed by atoms with Crippen molar-refractivity contribution in [3.8, 4) is 11.1 Å². The van der Waals surface area contributed by atoms with Gasteiger partial charge in [0.1, 0.15) is 12.1 Å². The molecule has 4 rings (SSSR count). The topological polar surface area (TPSA) is 105 Å². The summed E-state index contributed by atoms with van der Waals surface area (Å²) in [4.78, 5) is 36.4. The van der Waals surface area contributed by atoms with Crippen molar-refractivity contribution >= 4 is 18.0 Å². The van der Waals surface area contributed by atoms with Crippen LogP contribution in [0.5, 0.6) is 0 Å². The first-order valence-corrected chi connectivity index (χ1v) is 11.5. The second kappa shape index (κ2) is 10.0. The maximum atomic E-state index is 12.6. The molecular formula is C28H28N2O5. The van der Waals surface area contributed by atoms with Gasteiger partial charge < -0.3 is 20.5 Å². The Labute approximate surface area is 204 Å². The summed E-state index contributed by atoms with van der Waals surface area (Å²) in [5.41, 5.74) is 4.29. The number of carboxylic acid groups (broad SMARTS) is 1. The van der Waals surface area contributed by atoms with Gasteiger partial charge in [0.15, 0.2) is 0 Å². The average Bonchev–Trinajstić information content (AvgIpc) is 3.16. The van der Waals surface area contributed by atoms with Crippen molar-refractivity contribution in [1.29, 1.82) is 0 Å². The Morgan fingerprint density at radius 2 is 1.46 bits per heavy atom. The molecule has 3 aromatic rings. The van der Waals surface area contributed by atoms with Crippen LogP contribution in [0, 0.1) is 0 Å². The monoisotopic (exact) mass is 472 g/mol. The fourth-order valence-corrected chi connectivity index (χ4v) is 4.31. The molecule has 0 aliphatic heterocycles. The molecule has 0 bridgehead atoms. The van der Waals surface area contributed by atoms with Crippen molar-refractivity contribution in [3.63, 3.8) is 0 Å². The maximum absolute atomic E-state index is 12.6. The number of alkyl carbamates (subject to hydrolysis) is 1. The number of amides is 2. The molecule has 3 N–H and O–H groups in total. The molecule has 35 heavy (non-hydrogen) atoms. The minimum atomic E-state index is -1.40. The van der Waals surface area contributed by atoms with Crippen LogP contribution < -0.4 is 10.6 Å². The van der Waals surface area contributed by atoms with Crippen LogP contribution in [0.2, 0.25) is 0 Å². The molecule has 0 heterocycles. The summed E-state index contributed by atoms with van der Waals surface area (Å²) in [5.74, 6) is -1.62. The van der Waals surface area contributed by atoms with Crippen molar-refractivity contribution in [2.24, 2.45) is 0 Å². The third-order valence-electron chi connectivity index (χ3n) is 6.23. The molecule has 0 spiro atoms. The Bertz CT molecular complexity index is 1220. The quantitative estimate of drug-likeness (QED) is 0.452. The molecule has 2 amide bonds. The van der Waals surface area contributed by atoms with Gasteiger partial charge in [-0.2, -0.15) is 0 Å². The second-order valence-corrected chi connectivity index (χ2v) is 9.04. The van der Waals surface area contributed by atoms with E-state index in [4.69, 9.17) is 4.74 Å². The zero-order chi connectivity index (χ0) is 25.0. The number of fused-ring (bicyclic) bond motifs is 3. The van der Waals surface area contributed by atoms with E-state index in [1.807, 2.05) is 24.3 Å². The number of nitrogens with one attached hydrogen (secondary N) is 2. The van der Waals surface area contributed by atoms with Gasteiger partial charge in [0.25, 0.3) is 5.91 Å². The maximum Gasteiger partial charge on any atom is 0.407 e. The van der Waals surface area contributed by atoms with Crippen molar-refractivity contribution in [2.75, 3.05) is 13.2 Å². The number of benzene rings is 3. The molecule has 1 aliphatic rings.